The lowest BCUT2D eigenvalue weighted by molar-refractivity contribution is -0.545. The molecule has 1 rings (SSSR count). The average molecular weight is 496 g/mol. The molecule has 1 aliphatic carbocycles. The van der Waals surface area contributed by atoms with E-state index in [1.165, 1.54) is 0 Å². The molecule has 0 unspecified atom stereocenters. The van der Waals surface area contributed by atoms with Crippen LogP contribution in [0.5, 0.6) is 0 Å². The van der Waals surface area contributed by atoms with E-state index in [0.29, 0.717) is 0 Å². The maximum atomic E-state index is 14.5. The Morgan fingerprint density at radius 3 is 0.767 bits per heavy atom. The SMILES string of the molecule is CC1(F)C(F)(F)C(F)(F)C(F)(C(C(F)(F)F)(C(F)(F)F)C(F)(F)F)C(F)(F)C1(F)F. The van der Waals surface area contributed by atoms with E-state index in [0.717, 1.165) is 0 Å². The van der Waals surface area contributed by atoms with Gasteiger partial charge in [-0.25, -0.2) is 8.78 Å². The molecule has 1 fully saturated rings. The topological polar surface area (TPSA) is 0 Å². The monoisotopic (exact) mass is 496 g/mol. The molecule has 30 heavy (non-hydrogen) atoms. The number of rotatable bonds is 1. The van der Waals surface area contributed by atoms with Crippen LogP contribution < -0.4 is 0 Å². The summed E-state index contributed by atoms with van der Waals surface area (Å²) >= 11 is 0. The van der Waals surface area contributed by atoms with E-state index >= 15 is 0 Å². The lowest BCUT2D eigenvalue weighted by Crippen LogP contribution is -2.91. The minimum atomic E-state index is -9.23. The molecule has 0 radical (unpaired) electrons. The van der Waals surface area contributed by atoms with E-state index in [4.69, 9.17) is 0 Å². The largest absolute Gasteiger partial charge is 0.415 e. The van der Waals surface area contributed by atoms with Gasteiger partial charge in [-0.2, -0.15) is 74.6 Å². The van der Waals surface area contributed by atoms with Crippen LogP contribution in [0.3, 0.4) is 0 Å². The Bertz CT molecular complexity index is 619. The predicted octanol–water partition coefficient (Wildman–Crippen LogP) is 6.65. The molecule has 1 saturated carbocycles. The van der Waals surface area contributed by atoms with Crippen molar-refractivity contribution < 1.29 is 83.4 Å². The van der Waals surface area contributed by atoms with Crippen LogP contribution in [0.1, 0.15) is 6.92 Å². The summed E-state index contributed by atoms with van der Waals surface area (Å²) in [6.45, 7) is -1.59. The number of hydrogen-bond donors (Lipinski definition) is 0. The van der Waals surface area contributed by atoms with Gasteiger partial charge in [0.15, 0.2) is 0 Å². The molecular weight excluding hydrogens is 493 g/mol. The Morgan fingerprint density at radius 1 is 0.400 bits per heavy atom. The molecule has 0 aromatic heterocycles. The first kappa shape index (κ1) is 26.7. The van der Waals surface area contributed by atoms with Crippen molar-refractivity contribution in [2.75, 3.05) is 0 Å². The second-order valence-corrected chi connectivity index (χ2v) is 6.20. The van der Waals surface area contributed by atoms with E-state index in [2.05, 4.69) is 0 Å². The van der Waals surface area contributed by atoms with Gasteiger partial charge < -0.3 is 0 Å². The van der Waals surface area contributed by atoms with E-state index in [1.807, 2.05) is 0 Å². The maximum absolute atomic E-state index is 14.5. The van der Waals surface area contributed by atoms with Crippen molar-refractivity contribution in [3.8, 4) is 0 Å². The van der Waals surface area contributed by atoms with Gasteiger partial charge in [0.05, 0.1) is 0 Å². The summed E-state index contributed by atoms with van der Waals surface area (Å²) in [6, 6.07) is 0. The normalized spacial score (nSPS) is 34.0. The fourth-order valence-corrected chi connectivity index (χ4v) is 2.96. The van der Waals surface area contributed by atoms with Gasteiger partial charge in [-0.3, -0.25) is 0 Å². The Morgan fingerprint density at radius 2 is 0.600 bits per heavy atom. The number of hydrogen-bond acceptors (Lipinski definition) is 0. The third-order valence-electron chi connectivity index (χ3n) is 4.63. The van der Waals surface area contributed by atoms with E-state index < -0.39 is 65.9 Å². The van der Waals surface area contributed by atoms with Gasteiger partial charge in [-0.15, -0.1) is 0 Å². The predicted molar refractivity (Wildman–Crippen MR) is 53.7 cm³/mol. The standard InChI is InChI=1S/C11H3F19/c1-2(12)5(14,15)7(18,19)4(13,8(20,21)6(2,16)17)3(9(22,23)24,10(25,26)27)11(28,29)30/h1H3. The first-order valence-corrected chi connectivity index (χ1v) is 6.59. The lowest BCUT2D eigenvalue weighted by atomic mass is 9.56. The molecule has 0 atom stereocenters. The molecule has 19 heteroatoms. The quantitative estimate of drug-likeness (QED) is 0.357. The second kappa shape index (κ2) is 5.72. The average Bonchev–Trinajstić information content (AvgIpc) is 2.40. The van der Waals surface area contributed by atoms with Crippen LogP contribution in [0, 0.1) is 5.41 Å². The van der Waals surface area contributed by atoms with Crippen LogP contribution >= 0.6 is 0 Å². The molecule has 1 aliphatic rings. The molecule has 0 aliphatic heterocycles. The van der Waals surface area contributed by atoms with Crippen LogP contribution in [0.4, 0.5) is 83.4 Å². The number of halogens is 19. The molecule has 0 nitrogen and oxygen atoms in total. The van der Waals surface area contributed by atoms with Gasteiger partial charge in [0.1, 0.15) is 0 Å². The summed E-state index contributed by atoms with van der Waals surface area (Å²) in [6.07, 6.45) is -26.2. The Hall–Kier alpha value is -1.33. The highest BCUT2D eigenvalue weighted by molar-refractivity contribution is 5.35. The highest BCUT2D eigenvalue weighted by atomic mass is 19.4. The molecule has 0 bridgehead atoms. The molecular formula is C11H3F19. The van der Waals surface area contributed by atoms with Crippen molar-refractivity contribution >= 4 is 0 Å². The molecule has 0 spiro atoms. The van der Waals surface area contributed by atoms with Crippen LogP contribution in [0.25, 0.3) is 0 Å². The van der Waals surface area contributed by atoms with Crippen LogP contribution in [0.2, 0.25) is 0 Å². The second-order valence-electron chi connectivity index (χ2n) is 6.20. The molecule has 0 saturated heterocycles. The summed E-state index contributed by atoms with van der Waals surface area (Å²) in [5.41, 5.74) is -25.3. The molecule has 0 aromatic carbocycles. The fourth-order valence-electron chi connectivity index (χ4n) is 2.96. The molecule has 0 amide bonds. The molecule has 180 valence electrons. The van der Waals surface area contributed by atoms with Gasteiger partial charge in [-0.05, 0) is 6.92 Å². The smallest absolute Gasteiger partial charge is 0.230 e. The van der Waals surface area contributed by atoms with Crippen LogP contribution in [-0.4, -0.2) is 53.6 Å². The summed E-state index contributed by atoms with van der Waals surface area (Å²) < 4.78 is 253. The van der Waals surface area contributed by atoms with Crippen molar-refractivity contribution in [3.05, 3.63) is 0 Å². The Labute approximate surface area is 151 Å². The van der Waals surface area contributed by atoms with Gasteiger partial charge >= 0.3 is 47.6 Å². The lowest BCUT2D eigenvalue weighted by Gasteiger charge is -2.59. The zero-order valence-corrected chi connectivity index (χ0v) is 13.2. The van der Waals surface area contributed by atoms with Gasteiger partial charge in [0.25, 0.3) is 5.67 Å². The third kappa shape index (κ3) is 2.24. The van der Waals surface area contributed by atoms with Crippen molar-refractivity contribution in [3.63, 3.8) is 0 Å². The molecule has 0 N–H and O–H groups in total. The van der Waals surface area contributed by atoms with Gasteiger partial charge in [0, 0.05) is 0 Å². The minimum absolute atomic E-state index is 1.59. The van der Waals surface area contributed by atoms with E-state index in [-0.39, 0.29) is 0 Å². The van der Waals surface area contributed by atoms with Crippen molar-refractivity contribution in [2.24, 2.45) is 5.41 Å². The fraction of sp³-hybridized carbons (Fsp3) is 1.00. The summed E-state index contributed by atoms with van der Waals surface area (Å²) in [5, 5.41) is 0. The molecule has 0 heterocycles. The zero-order valence-electron chi connectivity index (χ0n) is 13.2. The van der Waals surface area contributed by atoms with Crippen molar-refractivity contribution in [1.82, 2.24) is 0 Å². The summed E-state index contributed by atoms with van der Waals surface area (Å²) in [4.78, 5) is 0. The van der Waals surface area contributed by atoms with Crippen molar-refractivity contribution in [1.29, 1.82) is 0 Å². The highest BCUT2D eigenvalue weighted by Gasteiger charge is 3.10. The van der Waals surface area contributed by atoms with Crippen molar-refractivity contribution in [2.45, 2.75) is 60.5 Å². The first-order valence-electron chi connectivity index (χ1n) is 6.59. The minimum Gasteiger partial charge on any atom is -0.230 e. The van der Waals surface area contributed by atoms with Gasteiger partial charge in [0.2, 0.25) is 5.67 Å². The van der Waals surface area contributed by atoms with E-state index in [1.54, 1.807) is 0 Å². The van der Waals surface area contributed by atoms with Gasteiger partial charge in [-0.1, -0.05) is 0 Å². The number of alkyl halides is 19. The summed E-state index contributed by atoms with van der Waals surface area (Å²) in [7, 11) is 0. The zero-order chi connectivity index (χ0) is 25.0. The molecule has 0 aromatic rings. The summed E-state index contributed by atoms with van der Waals surface area (Å²) in [5.74, 6) is -33.2. The first-order chi connectivity index (χ1) is 12.5. The van der Waals surface area contributed by atoms with Crippen LogP contribution in [-0.2, 0) is 0 Å². The Balaban J connectivity index is 4.55. The Kier molecular flexibility index (Phi) is 5.09. The maximum Gasteiger partial charge on any atom is 0.415 e. The highest BCUT2D eigenvalue weighted by Crippen LogP contribution is 2.79. The third-order valence-corrected chi connectivity index (χ3v) is 4.63. The van der Waals surface area contributed by atoms with Crippen LogP contribution in [0.15, 0.2) is 0 Å². The van der Waals surface area contributed by atoms with E-state index in [9.17, 15) is 83.4 Å².